The molecule has 4 saturated carbocycles. The number of hydrogen-bond acceptors (Lipinski definition) is 5. The lowest BCUT2D eigenvalue weighted by Gasteiger charge is -2.63. The number of esters is 2. The molecule has 4 fully saturated rings. The van der Waals surface area contributed by atoms with Gasteiger partial charge in [0.05, 0.1) is 0 Å². The molecule has 0 unspecified atom stereocenters. The summed E-state index contributed by atoms with van der Waals surface area (Å²) in [6.45, 7) is 14.7. The van der Waals surface area contributed by atoms with Gasteiger partial charge in [-0.1, -0.05) is 53.9 Å². The number of hydrogen-bond donors (Lipinski definition) is 0. The predicted octanol–water partition coefficient (Wildman–Crippen LogP) is 6.90. The van der Waals surface area contributed by atoms with Crippen LogP contribution in [0.4, 0.5) is 0 Å². The van der Waals surface area contributed by atoms with E-state index in [2.05, 4.69) is 34.6 Å². The Morgan fingerprint density at radius 2 is 1.67 bits per heavy atom. The van der Waals surface area contributed by atoms with Crippen molar-refractivity contribution in [3.63, 3.8) is 0 Å². The molecule has 0 N–H and O–H groups in total. The molecule has 0 bridgehead atoms. The van der Waals surface area contributed by atoms with Crippen LogP contribution >= 0.6 is 0 Å². The molecule has 0 aliphatic heterocycles. The molecule has 36 heavy (non-hydrogen) atoms. The number of ketones is 1. The van der Waals surface area contributed by atoms with Gasteiger partial charge < -0.3 is 9.47 Å². The van der Waals surface area contributed by atoms with Gasteiger partial charge in [0.15, 0.2) is 11.4 Å². The molecule has 0 aromatic carbocycles. The maximum absolute atomic E-state index is 14.1. The Labute approximate surface area is 218 Å². The summed E-state index contributed by atoms with van der Waals surface area (Å²) in [7, 11) is 0. The molecule has 4 rings (SSSR count). The zero-order valence-corrected chi connectivity index (χ0v) is 23.9. The third kappa shape index (κ3) is 4.55. The van der Waals surface area contributed by atoms with Gasteiger partial charge in [-0.05, 0) is 79.4 Å². The lowest BCUT2D eigenvalue weighted by molar-refractivity contribution is -0.230. The maximum Gasteiger partial charge on any atom is 0.303 e. The van der Waals surface area contributed by atoms with E-state index >= 15 is 0 Å². The second-order valence-electron chi connectivity index (χ2n) is 13.8. The Kier molecular flexibility index (Phi) is 7.72. The molecule has 0 amide bonds. The normalized spacial score (nSPS) is 42.8. The molecule has 5 heteroatoms. The lowest BCUT2D eigenvalue weighted by Crippen LogP contribution is -2.68. The molecule has 0 radical (unpaired) electrons. The van der Waals surface area contributed by atoms with Crippen molar-refractivity contribution in [2.75, 3.05) is 0 Å². The predicted molar refractivity (Wildman–Crippen MR) is 140 cm³/mol. The van der Waals surface area contributed by atoms with Crippen molar-refractivity contribution < 1.29 is 23.9 Å². The molecule has 0 saturated heterocycles. The van der Waals surface area contributed by atoms with E-state index in [1.54, 1.807) is 0 Å². The van der Waals surface area contributed by atoms with Crippen molar-refractivity contribution in [2.45, 2.75) is 131 Å². The number of carbonyl (C=O) groups is 3. The molecule has 4 aliphatic carbocycles. The number of fused-ring (bicyclic) bond motifs is 5. The minimum atomic E-state index is -1.17. The Morgan fingerprint density at radius 3 is 2.31 bits per heavy atom. The van der Waals surface area contributed by atoms with Gasteiger partial charge in [-0.3, -0.25) is 14.4 Å². The summed E-state index contributed by atoms with van der Waals surface area (Å²) >= 11 is 0. The standard InChI is InChI=1S/C31H50O5/c1-19(2)9-8-10-20(3)25-11-12-26-24-17-28(34)31(36-22(5)33)18-23(35-21(4)32)13-16-30(31,7)27(24)14-15-29(25,26)6/h19-20,23-27H,8-18H2,1-7H3/t20-,23-,24-,25+,26+,27+,29-,30-,31+/m1/s1. The van der Waals surface area contributed by atoms with E-state index in [-0.39, 0.29) is 17.9 Å². The smallest absolute Gasteiger partial charge is 0.303 e. The van der Waals surface area contributed by atoms with E-state index in [4.69, 9.17) is 9.47 Å². The summed E-state index contributed by atoms with van der Waals surface area (Å²) < 4.78 is 11.6. The van der Waals surface area contributed by atoms with Crippen molar-refractivity contribution in [1.82, 2.24) is 0 Å². The average molecular weight is 503 g/mol. The van der Waals surface area contributed by atoms with Crippen LogP contribution in [-0.2, 0) is 23.9 Å². The Bertz CT molecular complexity index is 865. The van der Waals surface area contributed by atoms with Crippen molar-refractivity contribution in [1.29, 1.82) is 0 Å². The first kappa shape index (κ1) is 27.6. The van der Waals surface area contributed by atoms with Crippen LogP contribution in [0.3, 0.4) is 0 Å². The fraction of sp³-hybridized carbons (Fsp3) is 0.903. The highest BCUT2D eigenvalue weighted by Crippen LogP contribution is 2.69. The van der Waals surface area contributed by atoms with Gasteiger partial charge in [-0.15, -0.1) is 0 Å². The van der Waals surface area contributed by atoms with E-state index in [0.29, 0.717) is 36.0 Å². The van der Waals surface area contributed by atoms with Crippen LogP contribution in [-0.4, -0.2) is 29.4 Å². The lowest BCUT2D eigenvalue weighted by atomic mass is 9.42. The first-order valence-corrected chi connectivity index (χ1v) is 14.7. The van der Waals surface area contributed by atoms with Crippen LogP contribution in [0.15, 0.2) is 0 Å². The summed E-state index contributed by atoms with van der Waals surface area (Å²) in [5.74, 6) is 2.84. The van der Waals surface area contributed by atoms with Crippen LogP contribution in [0.25, 0.3) is 0 Å². The third-order valence-corrected chi connectivity index (χ3v) is 11.4. The van der Waals surface area contributed by atoms with Crippen molar-refractivity contribution in [3.05, 3.63) is 0 Å². The third-order valence-electron chi connectivity index (χ3n) is 11.4. The minimum Gasteiger partial charge on any atom is -0.462 e. The molecular formula is C31H50O5. The van der Waals surface area contributed by atoms with Gasteiger partial charge in [0, 0.05) is 32.1 Å². The van der Waals surface area contributed by atoms with Gasteiger partial charge in [0.2, 0.25) is 0 Å². The quantitative estimate of drug-likeness (QED) is 0.354. The van der Waals surface area contributed by atoms with Crippen LogP contribution < -0.4 is 0 Å². The van der Waals surface area contributed by atoms with Gasteiger partial charge in [-0.25, -0.2) is 0 Å². The van der Waals surface area contributed by atoms with Crippen LogP contribution in [0.1, 0.15) is 119 Å². The monoisotopic (exact) mass is 502 g/mol. The first-order valence-electron chi connectivity index (χ1n) is 14.7. The molecule has 9 atom stereocenters. The highest BCUT2D eigenvalue weighted by molar-refractivity contribution is 5.92. The number of rotatable bonds is 7. The molecule has 5 nitrogen and oxygen atoms in total. The second kappa shape index (κ2) is 10.1. The van der Waals surface area contributed by atoms with Crippen LogP contribution in [0, 0.1) is 46.3 Å². The second-order valence-corrected chi connectivity index (χ2v) is 13.8. The van der Waals surface area contributed by atoms with Crippen molar-refractivity contribution in [2.24, 2.45) is 46.3 Å². The minimum absolute atomic E-state index is 0.0657. The van der Waals surface area contributed by atoms with Crippen molar-refractivity contribution in [3.8, 4) is 0 Å². The highest BCUT2D eigenvalue weighted by atomic mass is 16.6. The molecule has 0 spiro atoms. The SMILES string of the molecule is CC(=O)O[C@@H]1CC[C@]2(C)[C@H]3CC[C@@]4(C)[C@@H](CC[C@H]4[C@H](C)CCCC(C)C)[C@H]3CC(=O)[C@@]2(OC(C)=O)C1. The summed E-state index contributed by atoms with van der Waals surface area (Å²) in [5, 5.41) is 0. The van der Waals surface area contributed by atoms with E-state index < -0.39 is 17.0 Å². The van der Waals surface area contributed by atoms with Gasteiger partial charge in [-0.2, -0.15) is 0 Å². The molecule has 0 aromatic rings. The Hall–Kier alpha value is -1.39. The van der Waals surface area contributed by atoms with E-state index in [1.807, 2.05) is 0 Å². The first-order chi connectivity index (χ1) is 16.8. The van der Waals surface area contributed by atoms with E-state index in [0.717, 1.165) is 37.0 Å². The zero-order valence-electron chi connectivity index (χ0n) is 23.9. The average Bonchev–Trinajstić information content (AvgIpc) is 3.12. The number of Topliss-reactive ketones (excluding diaryl/α,β-unsaturated/α-hetero) is 1. The fourth-order valence-electron chi connectivity index (χ4n) is 9.80. The van der Waals surface area contributed by atoms with E-state index in [9.17, 15) is 14.4 Å². The largest absolute Gasteiger partial charge is 0.462 e. The Morgan fingerprint density at radius 1 is 0.944 bits per heavy atom. The molecule has 204 valence electrons. The zero-order chi connectivity index (χ0) is 26.5. The van der Waals surface area contributed by atoms with Gasteiger partial charge >= 0.3 is 11.9 Å². The van der Waals surface area contributed by atoms with Gasteiger partial charge in [0.25, 0.3) is 0 Å². The summed E-state index contributed by atoms with van der Waals surface area (Å²) in [6, 6.07) is 0. The Balaban J connectivity index is 1.59. The van der Waals surface area contributed by atoms with Crippen LogP contribution in [0.5, 0.6) is 0 Å². The highest BCUT2D eigenvalue weighted by Gasteiger charge is 2.70. The number of carbonyl (C=O) groups excluding carboxylic acids is 3. The van der Waals surface area contributed by atoms with Gasteiger partial charge in [0.1, 0.15) is 6.10 Å². The molecule has 0 aromatic heterocycles. The topological polar surface area (TPSA) is 69.7 Å². The summed E-state index contributed by atoms with van der Waals surface area (Å²) in [6.07, 6.45) is 10.6. The maximum atomic E-state index is 14.1. The fourth-order valence-corrected chi connectivity index (χ4v) is 9.80. The molecule has 4 aliphatic rings. The van der Waals surface area contributed by atoms with E-state index in [1.165, 1.54) is 52.4 Å². The molecular weight excluding hydrogens is 452 g/mol. The molecule has 0 heterocycles. The summed E-state index contributed by atoms with van der Waals surface area (Å²) in [5.41, 5.74) is -1.28. The van der Waals surface area contributed by atoms with Crippen LogP contribution in [0.2, 0.25) is 0 Å². The van der Waals surface area contributed by atoms with Crippen molar-refractivity contribution >= 4 is 17.7 Å². The summed E-state index contributed by atoms with van der Waals surface area (Å²) in [4.78, 5) is 38.1. The number of ether oxygens (including phenoxy) is 2.